The van der Waals surface area contributed by atoms with Gasteiger partial charge in [0.2, 0.25) is 0 Å². The summed E-state index contributed by atoms with van der Waals surface area (Å²) in [6, 6.07) is 0. The Morgan fingerprint density at radius 1 is 1.38 bits per heavy atom. The van der Waals surface area contributed by atoms with E-state index in [2.05, 4.69) is 14.4 Å². The van der Waals surface area contributed by atoms with Crippen molar-refractivity contribution in [1.82, 2.24) is 9.97 Å². The van der Waals surface area contributed by atoms with Crippen LogP contribution in [0.2, 0.25) is 5.15 Å². The summed E-state index contributed by atoms with van der Waals surface area (Å²) in [5.41, 5.74) is 1.18. The number of aromatic nitrogens is 2. The predicted molar refractivity (Wildman–Crippen MR) is 67.1 cm³/mol. The Labute approximate surface area is 103 Å². The summed E-state index contributed by atoms with van der Waals surface area (Å²) in [7, 11) is -1.29. The number of nitrogens with zero attached hydrogens (tertiary/aromatic N) is 3. The molecule has 0 aliphatic heterocycles. The molecular weight excluding hydrogens is 246 g/mol. The van der Waals surface area contributed by atoms with E-state index in [9.17, 15) is 4.21 Å². The molecule has 0 aliphatic carbocycles. The summed E-state index contributed by atoms with van der Waals surface area (Å²) in [5.74, 6) is 0. The molecular formula is C10H14ClN3OS. The Morgan fingerprint density at radius 3 is 2.44 bits per heavy atom. The van der Waals surface area contributed by atoms with Crippen LogP contribution in [0.4, 0.5) is 0 Å². The molecule has 1 aromatic heterocycles. The molecule has 0 saturated heterocycles. The molecule has 0 spiro atoms. The first kappa shape index (κ1) is 13.3. The van der Waals surface area contributed by atoms with E-state index in [0.29, 0.717) is 16.6 Å². The SMILES string of the molecule is CC(=NS(=O)C(C)(C)C)c1cnc(Cl)cn1. The molecule has 1 unspecified atom stereocenters. The van der Waals surface area contributed by atoms with Crippen LogP contribution >= 0.6 is 11.6 Å². The molecule has 0 aromatic carbocycles. The van der Waals surface area contributed by atoms with Crippen molar-refractivity contribution in [3.05, 3.63) is 23.2 Å². The fourth-order valence-electron chi connectivity index (χ4n) is 0.807. The van der Waals surface area contributed by atoms with Gasteiger partial charge in [0.25, 0.3) is 0 Å². The minimum Gasteiger partial charge on any atom is -0.250 e. The first-order chi connectivity index (χ1) is 7.30. The summed E-state index contributed by atoms with van der Waals surface area (Å²) in [6.45, 7) is 7.36. The molecule has 88 valence electrons. The van der Waals surface area contributed by atoms with E-state index < -0.39 is 11.0 Å². The second kappa shape index (κ2) is 5.01. The molecule has 1 aromatic rings. The smallest absolute Gasteiger partial charge is 0.147 e. The average Bonchev–Trinajstić information content (AvgIpc) is 2.17. The molecule has 0 N–H and O–H groups in total. The molecule has 0 radical (unpaired) electrons. The molecule has 1 heterocycles. The second-order valence-electron chi connectivity index (χ2n) is 4.26. The lowest BCUT2D eigenvalue weighted by molar-refractivity contribution is 0.650. The van der Waals surface area contributed by atoms with Crippen LogP contribution in [0.15, 0.2) is 16.8 Å². The van der Waals surface area contributed by atoms with Crippen LogP contribution < -0.4 is 0 Å². The standard InChI is InChI=1S/C10H14ClN3OS/c1-7(14-16(15)10(2,3)4)8-5-13-9(11)6-12-8/h5-6H,1-4H3. The first-order valence-corrected chi connectivity index (χ1v) is 6.24. The fourth-order valence-corrected chi connectivity index (χ4v) is 1.52. The zero-order valence-corrected chi connectivity index (χ0v) is 11.3. The molecule has 1 rings (SSSR count). The van der Waals surface area contributed by atoms with Crippen LogP contribution in [0.3, 0.4) is 0 Å². The van der Waals surface area contributed by atoms with Crippen molar-refractivity contribution in [2.45, 2.75) is 32.4 Å². The third-order valence-corrected chi connectivity index (χ3v) is 3.42. The third-order valence-electron chi connectivity index (χ3n) is 1.73. The Hall–Kier alpha value is -0.810. The molecule has 0 fully saturated rings. The highest BCUT2D eigenvalue weighted by Crippen LogP contribution is 2.13. The van der Waals surface area contributed by atoms with Gasteiger partial charge in [-0.05, 0) is 27.7 Å². The lowest BCUT2D eigenvalue weighted by Gasteiger charge is -2.13. The lowest BCUT2D eigenvalue weighted by atomic mass is 10.3. The van der Waals surface area contributed by atoms with Gasteiger partial charge in [0, 0.05) is 0 Å². The second-order valence-corrected chi connectivity index (χ2v) is 6.56. The van der Waals surface area contributed by atoms with E-state index in [1.807, 2.05) is 20.8 Å². The fraction of sp³-hybridized carbons (Fsp3) is 0.500. The maximum atomic E-state index is 11.8. The van der Waals surface area contributed by atoms with Gasteiger partial charge in [-0.2, -0.15) is 4.40 Å². The van der Waals surface area contributed by atoms with E-state index in [1.165, 1.54) is 12.4 Å². The zero-order chi connectivity index (χ0) is 12.3. The number of hydrogen-bond acceptors (Lipinski definition) is 3. The number of halogens is 1. The van der Waals surface area contributed by atoms with E-state index in [-0.39, 0.29) is 4.75 Å². The van der Waals surface area contributed by atoms with Gasteiger partial charge in [-0.1, -0.05) is 11.6 Å². The van der Waals surface area contributed by atoms with Gasteiger partial charge < -0.3 is 0 Å². The zero-order valence-electron chi connectivity index (χ0n) is 9.69. The first-order valence-electron chi connectivity index (χ1n) is 4.76. The van der Waals surface area contributed by atoms with Gasteiger partial charge in [-0.3, -0.25) is 4.98 Å². The summed E-state index contributed by atoms with van der Waals surface area (Å²) in [4.78, 5) is 7.95. The van der Waals surface area contributed by atoms with Crippen LogP contribution in [0.1, 0.15) is 33.4 Å². The van der Waals surface area contributed by atoms with Crippen molar-refractivity contribution < 1.29 is 4.21 Å². The molecule has 0 aliphatic rings. The van der Waals surface area contributed by atoms with Crippen molar-refractivity contribution >= 4 is 28.3 Å². The highest BCUT2D eigenvalue weighted by molar-refractivity contribution is 7.85. The largest absolute Gasteiger partial charge is 0.250 e. The van der Waals surface area contributed by atoms with Gasteiger partial charge in [0.15, 0.2) is 0 Å². The van der Waals surface area contributed by atoms with Crippen LogP contribution in [0.5, 0.6) is 0 Å². The van der Waals surface area contributed by atoms with Crippen molar-refractivity contribution in [3.8, 4) is 0 Å². The van der Waals surface area contributed by atoms with Gasteiger partial charge in [0.1, 0.15) is 21.8 Å². The Morgan fingerprint density at radius 2 is 2.00 bits per heavy atom. The topological polar surface area (TPSA) is 55.2 Å². The normalized spacial score (nSPS) is 14.9. The summed E-state index contributed by atoms with van der Waals surface area (Å²) in [6.07, 6.45) is 2.96. The van der Waals surface area contributed by atoms with Crippen LogP contribution in [0, 0.1) is 0 Å². The quantitative estimate of drug-likeness (QED) is 0.767. The van der Waals surface area contributed by atoms with Crippen molar-refractivity contribution in [3.63, 3.8) is 0 Å². The van der Waals surface area contributed by atoms with Crippen molar-refractivity contribution in [1.29, 1.82) is 0 Å². The lowest BCUT2D eigenvalue weighted by Crippen LogP contribution is -2.20. The highest BCUT2D eigenvalue weighted by atomic mass is 35.5. The Bertz CT molecular complexity index is 423. The molecule has 1 atom stereocenters. The van der Waals surface area contributed by atoms with E-state index in [4.69, 9.17) is 11.6 Å². The Balaban J connectivity index is 2.94. The van der Waals surface area contributed by atoms with E-state index in [1.54, 1.807) is 6.92 Å². The molecule has 0 saturated carbocycles. The number of hydrogen-bond donors (Lipinski definition) is 0. The maximum absolute atomic E-state index is 11.8. The molecule has 0 amide bonds. The van der Waals surface area contributed by atoms with Crippen molar-refractivity contribution in [2.24, 2.45) is 4.40 Å². The summed E-state index contributed by atoms with van der Waals surface area (Å²) >= 11 is 5.62. The molecule has 4 nitrogen and oxygen atoms in total. The van der Waals surface area contributed by atoms with Gasteiger partial charge in [-0.25, -0.2) is 9.19 Å². The van der Waals surface area contributed by atoms with Gasteiger partial charge in [-0.15, -0.1) is 0 Å². The van der Waals surface area contributed by atoms with Gasteiger partial charge in [0.05, 0.1) is 22.9 Å². The maximum Gasteiger partial charge on any atom is 0.147 e. The van der Waals surface area contributed by atoms with E-state index in [0.717, 1.165) is 0 Å². The monoisotopic (exact) mass is 259 g/mol. The molecule has 6 heteroatoms. The minimum atomic E-state index is -1.29. The molecule has 16 heavy (non-hydrogen) atoms. The minimum absolute atomic E-state index is 0.327. The number of rotatable bonds is 2. The van der Waals surface area contributed by atoms with E-state index >= 15 is 0 Å². The summed E-state index contributed by atoms with van der Waals surface area (Å²) < 4.78 is 15.5. The van der Waals surface area contributed by atoms with Crippen LogP contribution in [-0.4, -0.2) is 24.6 Å². The Kier molecular flexibility index (Phi) is 4.15. The predicted octanol–water partition coefficient (Wildman–Crippen LogP) is 2.40. The summed E-state index contributed by atoms with van der Waals surface area (Å²) in [5, 5.41) is 0.327. The molecule has 0 bridgehead atoms. The van der Waals surface area contributed by atoms with Crippen LogP contribution in [-0.2, 0) is 11.0 Å². The van der Waals surface area contributed by atoms with Crippen molar-refractivity contribution in [2.75, 3.05) is 0 Å². The van der Waals surface area contributed by atoms with Crippen LogP contribution in [0.25, 0.3) is 0 Å². The highest BCUT2D eigenvalue weighted by Gasteiger charge is 2.19. The third kappa shape index (κ3) is 3.64. The average molecular weight is 260 g/mol. The van der Waals surface area contributed by atoms with Gasteiger partial charge >= 0.3 is 0 Å².